The van der Waals surface area contributed by atoms with Crippen LogP contribution in [0.25, 0.3) is 0 Å². The third-order valence-corrected chi connectivity index (χ3v) is 3.54. The van der Waals surface area contributed by atoms with Crippen LogP contribution in [0.1, 0.15) is 26.2 Å². The number of rotatable bonds is 7. The molecule has 0 aromatic heterocycles. The number of methoxy groups -OCH3 is 1. The van der Waals surface area contributed by atoms with Gasteiger partial charge in [-0.3, -0.25) is 19.3 Å². The number of aliphatic carboxylic acids is 1. The molecule has 0 aliphatic carbocycles. The number of carboxylic acids is 1. The first-order valence-corrected chi connectivity index (χ1v) is 7.59. The molecule has 0 saturated carbocycles. The number of carbonyl (C=O) groups excluding carboxylic acids is 2. The van der Waals surface area contributed by atoms with E-state index >= 15 is 0 Å². The number of ether oxygens (including phenoxy) is 2. The van der Waals surface area contributed by atoms with Crippen molar-refractivity contribution in [2.24, 2.45) is 0 Å². The Hall–Kier alpha value is -2.61. The summed E-state index contributed by atoms with van der Waals surface area (Å²) in [5, 5.41) is 11.2. The minimum Gasteiger partial charge on any atom is -0.481 e. The van der Waals surface area contributed by atoms with E-state index in [9.17, 15) is 14.4 Å². The van der Waals surface area contributed by atoms with Gasteiger partial charge in [0.1, 0.15) is 12.5 Å². The average Bonchev–Trinajstić information content (AvgIpc) is 2.55. The van der Waals surface area contributed by atoms with Crippen molar-refractivity contribution >= 4 is 29.2 Å². The molecular formula is C16H20N2O6. The summed E-state index contributed by atoms with van der Waals surface area (Å²) in [6.07, 6.45) is -0.399. The monoisotopic (exact) mass is 336 g/mol. The maximum atomic E-state index is 12.4. The van der Waals surface area contributed by atoms with Gasteiger partial charge in [-0.2, -0.15) is 0 Å². The highest BCUT2D eigenvalue weighted by atomic mass is 16.5. The summed E-state index contributed by atoms with van der Waals surface area (Å²) < 4.78 is 10.8. The summed E-state index contributed by atoms with van der Waals surface area (Å²) >= 11 is 0. The number of fused-ring (bicyclic) bond motifs is 1. The zero-order chi connectivity index (χ0) is 17.7. The van der Waals surface area contributed by atoms with Gasteiger partial charge in [-0.1, -0.05) is 6.92 Å². The standard InChI is InChI=1S/C16H20N2O6/c1-3-12-16(22)18(9-23-2)11-8-10(4-5-13(11)24-12)17-14(19)6-7-15(20)21/h4-5,8,12H,3,6-7,9H2,1-2H3,(H,17,19)(H,20,21). The quantitative estimate of drug-likeness (QED) is 0.783. The van der Waals surface area contributed by atoms with Crippen LogP contribution in [0.2, 0.25) is 0 Å². The molecule has 0 spiro atoms. The molecule has 1 unspecified atom stereocenters. The topological polar surface area (TPSA) is 105 Å². The lowest BCUT2D eigenvalue weighted by atomic mass is 10.1. The van der Waals surface area contributed by atoms with Crippen molar-refractivity contribution in [3.05, 3.63) is 18.2 Å². The Morgan fingerprint density at radius 3 is 2.75 bits per heavy atom. The summed E-state index contributed by atoms with van der Waals surface area (Å²) in [5.41, 5.74) is 0.958. The molecule has 2 amide bonds. The van der Waals surface area contributed by atoms with Crippen LogP contribution in [0.15, 0.2) is 18.2 Å². The molecule has 1 aliphatic heterocycles. The van der Waals surface area contributed by atoms with Crippen LogP contribution in [-0.2, 0) is 19.1 Å². The Balaban J connectivity index is 2.20. The molecule has 0 saturated heterocycles. The van der Waals surface area contributed by atoms with Gasteiger partial charge in [0, 0.05) is 19.2 Å². The maximum Gasteiger partial charge on any atom is 0.303 e. The summed E-state index contributed by atoms with van der Waals surface area (Å²) in [7, 11) is 1.49. The minimum absolute atomic E-state index is 0.0715. The first-order valence-electron chi connectivity index (χ1n) is 7.59. The van der Waals surface area contributed by atoms with Crippen molar-refractivity contribution in [2.45, 2.75) is 32.3 Å². The van der Waals surface area contributed by atoms with E-state index in [-0.39, 0.29) is 25.5 Å². The second-order valence-corrected chi connectivity index (χ2v) is 5.32. The van der Waals surface area contributed by atoms with Crippen molar-refractivity contribution in [3.63, 3.8) is 0 Å². The number of anilines is 2. The Morgan fingerprint density at radius 1 is 1.38 bits per heavy atom. The molecule has 1 aromatic rings. The van der Waals surface area contributed by atoms with Crippen LogP contribution in [0.4, 0.5) is 11.4 Å². The zero-order valence-corrected chi connectivity index (χ0v) is 13.6. The van der Waals surface area contributed by atoms with Gasteiger partial charge in [0.15, 0.2) is 6.10 Å². The largest absolute Gasteiger partial charge is 0.481 e. The summed E-state index contributed by atoms with van der Waals surface area (Å²) in [4.78, 5) is 36.1. The first kappa shape index (κ1) is 17.7. The van der Waals surface area contributed by atoms with Crippen LogP contribution in [0, 0.1) is 0 Å². The number of nitrogens with one attached hydrogen (secondary N) is 1. The molecule has 1 aromatic carbocycles. The van der Waals surface area contributed by atoms with Gasteiger partial charge in [-0.15, -0.1) is 0 Å². The predicted molar refractivity (Wildman–Crippen MR) is 86.0 cm³/mol. The zero-order valence-electron chi connectivity index (χ0n) is 13.6. The second kappa shape index (κ2) is 7.78. The van der Waals surface area contributed by atoms with Crippen LogP contribution in [0.5, 0.6) is 5.75 Å². The predicted octanol–water partition coefficient (Wildman–Crippen LogP) is 1.60. The number of hydrogen-bond acceptors (Lipinski definition) is 5. The molecule has 8 heteroatoms. The number of carbonyl (C=O) groups is 3. The van der Waals surface area contributed by atoms with Gasteiger partial charge in [-0.25, -0.2) is 0 Å². The second-order valence-electron chi connectivity index (χ2n) is 5.32. The number of benzene rings is 1. The highest BCUT2D eigenvalue weighted by Crippen LogP contribution is 2.36. The Labute approximate surface area is 139 Å². The van der Waals surface area contributed by atoms with Gasteiger partial charge >= 0.3 is 5.97 Å². The molecule has 8 nitrogen and oxygen atoms in total. The molecular weight excluding hydrogens is 316 g/mol. The fourth-order valence-electron chi connectivity index (χ4n) is 2.37. The van der Waals surface area contributed by atoms with Gasteiger partial charge in [0.05, 0.1) is 12.1 Å². The number of nitrogens with zero attached hydrogens (tertiary/aromatic N) is 1. The molecule has 2 rings (SSSR count). The lowest BCUT2D eigenvalue weighted by Gasteiger charge is -2.33. The lowest BCUT2D eigenvalue weighted by Crippen LogP contribution is -2.46. The highest BCUT2D eigenvalue weighted by molar-refractivity contribution is 6.01. The van der Waals surface area contributed by atoms with Gasteiger partial charge in [0.2, 0.25) is 5.91 Å². The van der Waals surface area contributed by atoms with E-state index < -0.39 is 18.0 Å². The van der Waals surface area contributed by atoms with E-state index in [0.717, 1.165) is 0 Å². The molecule has 130 valence electrons. The number of amides is 2. The minimum atomic E-state index is -1.04. The van der Waals surface area contributed by atoms with Crippen molar-refractivity contribution in [2.75, 3.05) is 24.1 Å². The number of carboxylic acid groups (broad SMARTS) is 1. The van der Waals surface area contributed by atoms with Crippen LogP contribution >= 0.6 is 0 Å². The van der Waals surface area contributed by atoms with Gasteiger partial charge in [0.25, 0.3) is 5.91 Å². The molecule has 0 bridgehead atoms. The van der Waals surface area contributed by atoms with Gasteiger partial charge < -0.3 is 19.9 Å². The highest BCUT2D eigenvalue weighted by Gasteiger charge is 2.33. The maximum absolute atomic E-state index is 12.4. The van der Waals surface area contributed by atoms with E-state index in [2.05, 4.69) is 5.32 Å². The molecule has 0 fully saturated rings. The Kier molecular flexibility index (Phi) is 5.75. The Morgan fingerprint density at radius 2 is 2.12 bits per heavy atom. The summed E-state index contributed by atoms with van der Waals surface area (Å²) in [6, 6.07) is 4.92. The fourth-order valence-corrected chi connectivity index (χ4v) is 2.37. The van der Waals surface area contributed by atoms with E-state index in [4.69, 9.17) is 14.6 Å². The van der Waals surface area contributed by atoms with Crippen molar-refractivity contribution < 1.29 is 29.0 Å². The molecule has 1 atom stereocenters. The van der Waals surface area contributed by atoms with Crippen molar-refractivity contribution in [3.8, 4) is 5.75 Å². The van der Waals surface area contributed by atoms with E-state index in [1.807, 2.05) is 6.92 Å². The smallest absolute Gasteiger partial charge is 0.303 e. The third-order valence-electron chi connectivity index (χ3n) is 3.54. The molecule has 24 heavy (non-hydrogen) atoms. The SMILES string of the molecule is CCC1Oc2ccc(NC(=O)CCC(=O)O)cc2N(COC)C1=O. The van der Waals surface area contributed by atoms with Crippen LogP contribution in [-0.4, -0.2) is 42.8 Å². The van der Waals surface area contributed by atoms with Crippen molar-refractivity contribution in [1.82, 2.24) is 0 Å². The van der Waals surface area contributed by atoms with Crippen LogP contribution in [0.3, 0.4) is 0 Å². The normalized spacial score (nSPS) is 16.3. The summed E-state index contributed by atoms with van der Waals surface area (Å²) in [6.45, 7) is 1.93. The third kappa shape index (κ3) is 4.02. The van der Waals surface area contributed by atoms with E-state index in [1.54, 1.807) is 18.2 Å². The van der Waals surface area contributed by atoms with E-state index in [1.165, 1.54) is 12.0 Å². The summed E-state index contributed by atoms with van der Waals surface area (Å²) in [5.74, 6) is -1.13. The average molecular weight is 336 g/mol. The van der Waals surface area contributed by atoms with Crippen LogP contribution < -0.4 is 15.0 Å². The molecule has 0 radical (unpaired) electrons. The molecule has 1 heterocycles. The first-order chi connectivity index (χ1) is 11.5. The molecule has 2 N–H and O–H groups in total. The number of hydrogen-bond donors (Lipinski definition) is 2. The van der Waals surface area contributed by atoms with Crippen molar-refractivity contribution in [1.29, 1.82) is 0 Å². The lowest BCUT2D eigenvalue weighted by molar-refractivity contribution is -0.138. The fraction of sp³-hybridized carbons (Fsp3) is 0.438. The molecule has 1 aliphatic rings. The van der Waals surface area contributed by atoms with E-state index in [0.29, 0.717) is 23.5 Å². The van der Waals surface area contributed by atoms with Gasteiger partial charge in [-0.05, 0) is 24.6 Å². The Bertz CT molecular complexity index is 645.